The Hall–Kier alpha value is -0.580. The molecule has 1 amide bonds. The number of nitrogens with one attached hydrogen (secondary N) is 2. The monoisotopic (exact) mass is 246 g/mol. The van der Waals surface area contributed by atoms with Crippen LogP contribution in [0.3, 0.4) is 0 Å². The summed E-state index contributed by atoms with van der Waals surface area (Å²) in [5.41, 5.74) is 1.19. The number of carbonyl (C=O) groups is 1. The Morgan fingerprint density at radius 3 is 3.13 bits per heavy atom. The highest BCUT2D eigenvalue weighted by Gasteiger charge is 2.21. The summed E-state index contributed by atoms with van der Waals surface area (Å²) in [5.74, 6) is 0.356. The molecule has 1 aliphatic heterocycles. The molecule has 0 unspecified atom stereocenters. The van der Waals surface area contributed by atoms with E-state index in [1.54, 1.807) is 11.3 Å². The first kappa shape index (κ1) is 12.5. The molecule has 1 fully saturated rings. The van der Waals surface area contributed by atoms with E-state index in [9.17, 15) is 4.79 Å². The Morgan fingerprint density at radius 2 is 2.53 bits per heavy atom. The van der Waals surface area contributed by atoms with Crippen molar-refractivity contribution in [1.29, 1.82) is 0 Å². The fourth-order valence-electron chi connectivity index (χ4n) is 1.61. The zero-order chi connectivity index (χ0) is 9.80. The van der Waals surface area contributed by atoms with Crippen molar-refractivity contribution in [2.75, 3.05) is 13.1 Å². The lowest BCUT2D eigenvalue weighted by molar-refractivity contribution is -0.124. The van der Waals surface area contributed by atoms with Crippen LogP contribution in [0.25, 0.3) is 0 Å². The van der Waals surface area contributed by atoms with Crippen LogP contribution < -0.4 is 10.6 Å². The molecule has 1 aromatic heterocycles. The quantitative estimate of drug-likeness (QED) is 0.847. The van der Waals surface area contributed by atoms with Crippen molar-refractivity contribution in [3.05, 3.63) is 22.4 Å². The fraction of sp³-hybridized carbons (Fsp3) is 0.500. The van der Waals surface area contributed by atoms with Crippen LogP contribution in [-0.4, -0.2) is 19.0 Å². The topological polar surface area (TPSA) is 41.1 Å². The van der Waals surface area contributed by atoms with Gasteiger partial charge in [0.05, 0.1) is 5.92 Å². The molecule has 0 aliphatic carbocycles. The van der Waals surface area contributed by atoms with Gasteiger partial charge in [-0.3, -0.25) is 4.79 Å². The third kappa shape index (κ3) is 3.48. The van der Waals surface area contributed by atoms with Gasteiger partial charge in [-0.05, 0) is 35.4 Å². The summed E-state index contributed by atoms with van der Waals surface area (Å²) < 4.78 is 0. The minimum absolute atomic E-state index is 0. The van der Waals surface area contributed by atoms with E-state index in [1.807, 2.05) is 11.4 Å². The summed E-state index contributed by atoms with van der Waals surface area (Å²) in [5, 5.41) is 10.2. The molecule has 0 spiro atoms. The van der Waals surface area contributed by atoms with E-state index < -0.39 is 0 Å². The van der Waals surface area contributed by atoms with E-state index in [0.29, 0.717) is 6.54 Å². The average Bonchev–Trinajstić information content (AvgIpc) is 2.87. The van der Waals surface area contributed by atoms with Gasteiger partial charge in [-0.1, -0.05) is 0 Å². The zero-order valence-electron chi connectivity index (χ0n) is 8.36. The van der Waals surface area contributed by atoms with Crippen LogP contribution in [0, 0.1) is 5.92 Å². The van der Waals surface area contributed by atoms with E-state index in [4.69, 9.17) is 0 Å². The maximum Gasteiger partial charge on any atom is 0.224 e. The lowest BCUT2D eigenvalue weighted by Gasteiger charge is -2.08. The van der Waals surface area contributed by atoms with Gasteiger partial charge in [0.25, 0.3) is 0 Å². The number of hydrogen-bond acceptors (Lipinski definition) is 3. The molecule has 1 aromatic rings. The van der Waals surface area contributed by atoms with Gasteiger partial charge in [0.15, 0.2) is 0 Å². The van der Waals surface area contributed by atoms with Gasteiger partial charge in [0.1, 0.15) is 0 Å². The summed E-state index contributed by atoms with van der Waals surface area (Å²) in [6.07, 6.45) is 0.968. The minimum Gasteiger partial charge on any atom is -0.352 e. The molecule has 2 N–H and O–H groups in total. The molecule has 2 rings (SSSR count). The second-order valence-corrected chi connectivity index (χ2v) is 4.32. The van der Waals surface area contributed by atoms with Gasteiger partial charge >= 0.3 is 0 Å². The summed E-state index contributed by atoms with van der Waals surface area (Å²) in [7, 11) is 0. The second-order valence-electron chi connectivity index (χ2n) is 3.54. The minimum atomic E-state index is 0. The molecule has 0 saturated carbocycles. The average molecular weight is 247 g/mol. The standard InChI is InChI=1S/C10H14N2OS.ClH/c13-10(9-1-3-11-6-9)12-5-8-2-4-14-7-8;/h2,4,7,9,11H,1,3,5-6H2,(H,12,13);1H/t9-;/m0./s1. The molecule has 1 atom stereocenters. The summed E-state index contributed by atoms with van der Waals surface area (Å²) in [4.78, 5) is 11.6. The number of carbonyl (C=O) groups excluding carboxylic acids is 1. The van der Waals surface area contributed by atoms with Crippen LogP contribution in [0.2, 0.25) is 0 Å². The normalized spacial score (nSPS) is 19.6. The highest BCUT2D eigenvalue weighted by molar-refractivity contribution is 7.07. The van der Waals surface area contributed by atoms with Crippen LogP contribution in [-0.2, 0) is 11.3 Å². The van der Waals surface area contributed by atoms with Crippen molar-refractivity contribution < 1.29 is 4.79 Å². The maximum absolute atomic E-state index is 11.6. The summed E-state index contributed by atoms with van der Waals surface area (Å²) in [6, 6.07) is 2.04. The van der Waals surface area contributed by atoms with E-state index in [-0.39, 0.29) is 24.2 Å². The van der Waals surface area contributed by atoms with Crippen molar-refractivity contribution in [1.82, 2.24) is 10.6 Å². The van der Waals surface area contributed by atoms with Crippen molar-refractivity contribution in [3.63, 3.8) is 0 Å². The number of thiophene rings is 1. The molecule has 84 valence electrons. The third-order valence-electron chi connectivity index (χ3n) is 2.48. The van der Waals surface area contributed by atoms with Crippen molar-refractivity contribution in [2.24, 2.45) is 5.92 Å². The van der Waals surface area contributed by atoms with Gasteiger partial charge in [-0.2, -0.15) is 11.3 Å². The van der Waals surface area contributed by atoms with Gasteiger partial charge in [0, 0.05) is 13.1 Å². The first-order valence-corrected chi connectivity index (χ1v) is 5.80. The Bertz CT molecular complexity index is 296. The van der Waals surface area contributed by atoms with Gasteiger partial charge in [0.2, 0.25) is 5.91 Å². The van der Waals surface area contributed by atoms with Gasteiger partial charge < -0.3 is 10.6 Å². The fourth-order valence-corrected chi connectivity index (χ4v) is 2.27. The lowest BCUT2D eigenvalue weighted by atomic mass is 10.1. The Balaban J connectivity index is 0.00000112. The van der Waals surface area contributed by atoms with Crippen molar-refractivity contribution in [3.8, 4) is 0 Å². The second kappa shape index (κ2) is 6.10. The smallest absolute Gasteiger partial charge is 0.224 e. The van der Waals surface area contributed by atoms with E-state index in [1.165, 1.54) is 5.56 Å². The lowest BCUT2D eigenvalue weighted by Crippen LogP contribution is -2.31. The number of hydrogen-bond donors (Lipinski definition) is 2. The molecule has 5 heteroatoms. The number of rotatable bonds is 3. The molecule has 0 bridgehead atoms. The van der Waals surface area contributed by atoms with E-state index in [0.717, 1.165) is 19.5 Å². The first-order valence-electron chi connectivity index (χ1n) is 4.86. The number of halogens is 1. The van der Waals surface area contributed by atoms with Crippen LogP contribution >= 0.6 is 23.7 Å². The molecule has 1 saturated heterocycles. The molecule has 1 aliphatic rings. The molecular formula is C10H15ClN2OS. The highest BCUT2D eigenvalue weighted by atomic mass is 35.5. The maximum atomic E-state index is 11.6. The summed E-state index contributed by atoms with van der Waals surface area (Å²) in [6.45, 7) is 2.46. The number of amides is 1. The van der Waals surface area contributed by atoms with Crippen LogP contribution in [0.1, 0.15) is 12.0 Å². The van der Waals surface area contributed by atoms with E-state index in [2.05, 4.69) is 16.0 Å². The largest absolute Gasteiger partial charge is 0.352 e. The van der Waals surface area contributed by atoms with Crippen molar-refractivity contribution in [2.45, 2.75) is 13.0 Å². The van der Waals surface area contributed by atoms with Crippen molar-refractivity contribution >= 4 is 29.7 Å². The SMILES string of the molecule is Cl.O=C(NCc1ccsc1)[C@H]1CCNC1. The highest BCUT2D eigenvalue weighted by Crippen LogP contribution is 2.09. The molecule has 15 heavy (non-hydrogen) atoms. The summed E-state index contributed by atoms with van der Waals surface area (Å²) >= 11 is 1.66. The van der Waals surface area contributed by atoms with Gasteiger partial charge in [-0.15, -0.1) is 12.4 Å². The molecular weight excluding hydrogens is 232 g/mol. The van der Waals surface area contributed by atoms with Crippen LogP contribution in [0.4, 0.5) is 0 Å². The zero-order valence-corrected chi connectivity index (χ0v) is 10.00. The Morgan fingerprint density at radius 1 is 1.67 bits per heavy atom. The Labute approximate surface area is 99.7 Å². The molecule has 0 aromatic carbocycles. The predicted octanol–water partition coefficient (Wildman–Crippen LogP) is 1.40. The molecule has 3 nitrogen and oxygen atoms in total. The molecule has 0 radical (unpaired) electrons. The first-order chi connectivity index (χ1) is 6.86. The van der Waals surface area contributed by atoms with Crippen LogP contribution in [0.15, 0.2) is 16.8 Å². The van der Waals surface area contributed by atoms with Gasteiger partial charge in [-0.25, -0.2) is 0 Å². The van der Waals surface area contributed by atoms with Crippen LogP contribution in [0.5, 0.6) is 0 Å². The molecule has 2 heterocycles. The third-order valence-corrected chi connectivity index (χ3v) is 3.21. The Kier molecular flexibility index (Phi) is 5.08. The predicted molar refractivity (Wildman–Crippen MR) is 64.4 cm³/mol. The van der Waals surface area contributed by atoms with E-state index >= 15 is 0 Å².